The van der Waals surface area contributed by atoms with Crippen molar-refractivity contribution in [3.05, 3.63) is 35.7 Å². The minimum absolute atomic E-state index is 0.658. The summed E-state index contributed by atoms with van der Waals surface area (Å²) in [5.41, 5.74) is 1.23. The molecular formula is C17H21N3OS. The van der Waals surface area contributed by atoms with Crippen molar-refractivity contribution in [3.63, 3.8) is 0 Å². The van der Waals surface area contributed by atoms with Gasteiger partial charge in [-0.2, -0.15) is 0 Å². The number of ether oxygens (including phenoxy) is 1. The van der Waals surface area contributed by atoms with Crippen LogP contribution >= 0.6 is 11.8 Å². The van der Waals surface area contributed by atoms with E-state index in [1.54, 1.807) is 11.8 Å². The van der Waals surface area contributed by atoms with E-state index in [0.29, 0.717) is 18.6 Å². The Morgan fingerprint density at radius 3 is 2.82 bits per heavy atom. The van der Waals surface area contributed by atoms with Gasteiger partial charge in [0.1, 0.15) is 11.6 Å². The zero-order valence-electron chi connectivity index (χ0n) is 12.9. The Morgan fingerprint density at radius 1 is 1.23 bits per heavy atom. The van der Waals surface area contributed by atoms with E-state index in [9.17, 15) is 0 Å². The molecule has 0 atom stereocenters. The number of nitrogens with zero attached hydrogens (tertiary/aromatic N) is 3. The standard InChI is InChI=1S/C17H21N3OS/c1-12-3-2-4-15(11-12)21-9-10-22-17-19-18-16(13-5-6-13)20(17)14-7-8-14/h2-4,11,13-14H,5-10H2,1H3. The quantitative estimate of drug-likeness (QED) is 0.572. The van der Waals surface area contributed by atoms with Crippen molar-refractivity contribution in [1.29, 1.82) is 0 Å². The van der Waals surface area contributed by atoms with Crippen molar-refractivity contribution in [2.75, 3.05) is 12.4 Å². The molecule has 4 rings (SSSR count). The maximum Gasteiger partial charge on any atom is 0.191 e. The summed E-state index contributed by atoms with van der Waals surface area (Å²) in [7, 11) is 0. The molecule has 0 amide bonds. The number of hydrogen-bond acceptors (Lipinski definition) is 4. The molecule has 4 nitrogen and oxygen atoms in total. The van der Waals surface area contributed by atoms with Crippen LogP contribution in [0.15, 0.2) is 29.4 Å². The Balaban J connectivity index is 1.34. The predicted octanol–water partition coefficient (Wildman–Crippen LogP) is 3.97. The van der Waals surface area contributed by atoms with Gasteiger partial charge in [-0.3, -0.25) is 0 Å². The Bertz CT molecular complexity index is 662. The van der Waals surface area contributed by atoms with E-state index in [2.05, 4.69) is 33.8 Å². The van der Waals surface area contributed by atoms with Crippen molar-refractivity contribution >= 4 is 11.8 Å². The van der Waals surface area contributed by atoms with Crippen molar-refractivity contribution in [3.8, 4) is 5.75 Å². The van der Waals surface area contributed by atoms with Crippen LogP contribution in [0.1, 0.15) is 49.0 Å². The fourth-order valence-electron chi connectivity index (χ4n) is 2.68. The zero-order chi connectivity index (χ0) is 14.9. The van der Waals surface area contributed by atoms with E-state index in [0.717, 1.165) is 16.7 Å². The van der Waals surface area contributed by atoms with E-state index in [1.807, 2.05) is 12.1 Å². The molecule has 0 radical (unpaired) electrons. The van der Waals surface area contributed by atoms with E-state index < -0.39 is 0 Å². The van der Waals surface area contributed by atoms with Crippen LogP contribution in [0, 0.1) is 6.92 Å². The first-order valence-corrected chi connectivity index (χ1v) is 9.07. The van der Waals surface area contributed by atoms with Crippen LogP contribution in [-0.2, 0) is 0 Å². The van der Waals surface area contributed by atoms with E-state index in [-0.39, 0.29) is 0 Å². The van der Waals surface area contributed by atoms with Crippen LogP contribution in [0.4, 0.5) is 0 Å². The van der Waals surface area contributed by atoms with Crippen LogP contribution in [0.2, 0.25) is 0 Å². The predicted molar refractivity (Wildman–Crippen MR) is 87.7 cm³/mol. The van der Waals surface area contributed by atoms with Gasteiger partial charge in [0.15, 0.2) is 5.16 Å². The molecule has 2 aliphatic carbocycles. The van der Waals surface area contributed by atoms with Gasteiger partial charge in [0, 0.05) is 17.7 Å². The third-order valence-corrected chi connectivity index (χ3v) is 5.03. The summed E-state index contributed by atoms with van der Waals surface area (Å²) in [6, 6.07) is 8.85. The molecule has 0 unspecified atom stereocenters. The van der Waals surface area contributed by atoms with Gasteiger partial charge in [-0.1, -0.05) is 23.9 Å². The van der Waals surface area contributed by atoms with E-state index in [4.69, 9.17) is 4.74 Å². The van der Waals surface area contributed by atoms with E-state index >= 15 is 0 Å². The highest BCUT2D eigenvalue weighted by Crippen LogP contribution is 2.45. The number of rotatable bonds is 7. The molecule has 2 aliphatic rings. The third kappa shape index (κ3) is 3.14. The fraction of sp³-hybridized carbons (Fsp3) is 0.529. The summed E-state index contributed by atoms with van der Waals surface area (Å²) in [5, 5.41) is 9.94. The summed E-state index contributed by atoms with van der Waals surface area (Å²) < 4.78 is 8.21. The molecule has 116 valence electrons. The molecular weight excluding hydrogens is 294 g/mol. The first-order valence-electron chi connectivity index (χ1n) is 8.08. The van der Waals surface area contributed by atoms with Gasteiger partial charge in [-0.25, -0.2) is 0 Å². The lowest BCUT2D eigenvalue weighted by atomic mass is 10.2. The summed E-state index contributed by atoms with van der Waals surface area (Å²) in [5.74, 6) is 3.75. The Labute approximate surface area is 135 Å². The summed E-state index contributed by atoms with van der Waals surface area (Å²) >= 11 is 1.77. The monoisotopic (exact) mass is 315 g/mol. The smallest absolute Gasteiger partial charge is 0.191 e. The molecule has 0 saturated heterocycles. The lowest BCUT2D eigenvalue weighted by Gasteiger charge is -2.09. The molecule has 5 heteroatoms. The number of aromatic nitrogens is 3. The summed E-state index contributed by atoms with van der Waals surface area (Å²) in [6.45, 7) is 2.78. The van der Waals surface area contributed by atoms with Crippen molar-refractivity contribution in [1.82, 2.24) is 14.8 Å². The topological polar surface area (TPSA) is 39.9 Å². The molecule has 2 saturated carbocycles. The highest BCUT2D eigenvalue weighted by Gasteiger charge is 2.36. The van der Waals surface area contributed by atoms with Crippen LogP contribution in [-0.4, -0.2) is 27.1 Å². The number of aryl methyl sites for hydroxylation is 1. The van der Waals surface area contributed by atoms with Gasteiger partial charge >= 0.3 is 0 Å². The first-order chi connectivity index (χ1) is 10.8. The Morgan fingerprint density at radius 2 is 2.09 bits per heavy atom. The number of benzene rings is 1. The highest BCUT2D eigenvalue weighted by atomic mass is 32.2. The molecule has 22 heavy (non-hydrogen) atoms. The average Bonchev–Trinajstić information content (AvgIpc) is 3.42. The second kappa shape index (κ2) is 5.95. The minimum Gasteiger partial charge on any atom is -0.493 e. The Hall–Kier alpha value is -1.49. The minimum atomic E-state index is 0.658. The second-order valence-corrected chi connectivity index (χ2v) is 7.29. The van der Waals surface area contributed by atoms with Gasteiger partial charge in [0.05, 0.1) is 6.61 Å². The highest BCUT2D eigenvalue weighted by molar-refractivity contribution is 7.99. The van der Waals surface area contributed by atoms with Gasteiger partial charge < -0.3 is 9.30 Å². The molecule has 1 aromatic carbocycles. The molecule has 0 spiro atoms. The molecule has 0 bridgehead atoms. The summed E-state index contributed by atoms with van der Waals surface area (Å²) in [6.07, 6.45) is 5.13. The lowest BCUT2D eigenvalue weighted by Crippen LogP contribution is -2.04. The number of thioether (sulfide) groups is 1. The molecule has 0 N–H and O–H groups in total. The summed E-state index contributed by atoms with van der Waals surface area (Å²) in [4.78, 5) is 0. The molecule has 2 fully saturated rings. The first kappa shape index (κ1) is 14.1. The van der Waals surface area contributed by atoms with Gasteiger partial charge in [0.25, 0.3) is 0 Å². The largest absolute Gasteiger partial charge is 0.493 e. The van der Waals surface area contributed by atoms with Crippen LogP contribution < -0.4 is 4.74 Å². The third-order valence-electron chi connectivity index (χ3n) is 4.12. The van der Waals surface area contributed by atoms with Crippen LogP contribution in [0.3, 0.4) is 0 Å². The normalized spacial score (nSPS) is 17.7. The zero-order valence-corrected chi connectivity index (χ0v) is 13.7. The van der Waals surface area contributed by atoms with E-state index in [1.165, 1.54) is 37.1 Å². The average molecular weight is 315 g/mol. The Kier molecular flexibility index (Phi) is 3.82. The maximum atomic E-state index is 5.81. The van der Waals surface area contributed by atoms with Crippen molar-refractivity contribution < 1.29 is 4.74 Å². The molecule has 2 aromatic rings. The van der Waals surface area contributed by atoms with Gasteiger partial charge in [-0.05, 0) is 50.3 Å². The fourth-order valence-corrected chi connectivity index (χ4v) is 3.51. The molecule has 1 aromatic heterocycles. The van der Waals surface area contributed by atoms with Gasteiger partial charge in [-0.15, -0.1) is 10.2 Å². The lowest BCUT2D eigenvalue weighted by molar-refractivity contribution is 0.343. The van der Waals surface area contributed by atoms with Crippen molar-refractivity contribution in [2.24, 2.45) is 0 Å². The van der Waals surface area contributed by atoms with Crippen LogP contribution in [0.25, 0.3) is 0 Å². The van der Waals surface area contributed by atoms with Crippen molar-refractivity contribution in [2.45, 2.75) is 49.7 Å². The maximum absolute atomic E-state index is 5.81. The van der Waals surface area contributed by atoms with Crippen LogP contribution in [0.5, 0.6) is 5.75 Å². The number of hydrogen-bond donors (Lipinski definition) is 0. The molecule has 1 heterocycles. The second-order valence-electron chi connectivity index (χ2n) is 6.23. The van der Waals surface area contributed by atoms with Gasteiger partial charge in [0.2, 0.25) is 0 Å². The molecule has 0 aliphatic heterocycles. The SMILES string of the molecule is Cc1cccc(OCCSc2nnc(C3CC3)n2C2CC2)c1.